The van der Waals surface area contributed by atoms with E-state index in [1.807, 2.05) is 0 Å². The minimum atomic E-state index is -0.769. The van der Waals surface area contributed by atoms with E-state index in [0.717, 1.165) is 18.8 Å². The van der Waals surface area contributed by atoms with Gasteiger partial charge in [0.2, 0.25) is 5.91 Å². The van der Waals surface area contributed by atoms with Gasteiger partial charge < -0.3 is 16.2 Å². The lowest BCUT2D eigenvalue weighted by atomic mass is 9.87. The molecule has 1 amide bonds. The molecule has 0 aromatic heterocycles. The molecule has 0 saturated heterocycles. The molecule has 0 aliphatic heterocycles. The van der Waals surface area contributed by atoms with Crippen LogP contribution in [0.3, 0.4) is 0 Å². The molecule has 4 nitrogen and oxygen atoms in total. The van der Waals surface area contributed by atoms with Gasteiger partial charge in [-0.05, 0) is 31.6 Å². The summed E-state index contributed by atoms with van der Waals surface area (Å²) in [5.41, 5.74) is 5.40. The van der Waals surface area contributed by atoms with Gasteiger partial charge in [-0.1, -0.05) is 6.92 Å². The van der Waals surface area contributed by atoms with Crippen LogP contribution in [0.4, 0.5) is 0 Å². The molecular formula is C10H20N2O2. The van der Waals surface area contributed by atoms with Gasteiger partial charge in [0.05, 0.1) is 6.61 Å². The number of rotatable bonds is 3. The van der Waals surface area contributed by atoms with E-state index in [2.05, 4.69) is 12.2 Å². The molecule has 0 radical (unpaired) electrons. The fourth-order valence-electron chi connectivity index (χ4n) is 1.80. The maximum atomic E-state index is 11.3. The maximum absolute atomic E-state index is 11.3. The Balaban J connectivity index is 2.27. The zero-order valence-electron chi connectivity index (χ0n) is 8.70. The van der Waals surface area contributed by atoms with Gasteiger partial charge >= 0.3 is 0 Å². The zero-order chi connectivity index (χ0) is 10.6. The zero-order valence-corrected chi connectivity index (χ0v) is 8.70. The quantitative estimate of drug-likeness (QED) is 0.600. The molecule has 1 aliphatic carbocycles. The largest absolute Gasteiger partial charge is 0.394 e. The topological polar surface area (TPSA) is 75.4 Å². The van der Waals surface area contributed by atoms with Crippen LogP contribution in [0.15, 0.2) is 0 Å². The van der Waals surface area contributed by atoms with E-state index >= 15 is 0 Å². The van der Waals surface area contributed by atoms with Crippen LogP contribution < -0.4 is 11.1 Å². The Bertz CT molecular complexity index is 189. The molecule has 0 aromatic carbocycles. The first-order valence-electron chi connectivity index (χ1n) is 5.30. The highest BCUT2D eigenvalue weighted by atomic mass is 16.3. The molecule has 14 heavy (non-hydrogen) atoms. The van der Waals surface area contributed by atoms with E-state index in [4.69, 9.17) is 10.8 Å². The van der Waals surface area contributed by atoms with Crippen LogP contribution in [0, 0.1) is 5.92 Å². The molecule has 1 rings (SSSR count). The predicted molar refractivity (Wildman–Crippen MR) is 54.6 cm³/mol. The molecule has 4 N–H and O–H groups in total. The van der Waals surface area contributed by atoms with E-state index in [1.165, 1.54) is 12.8 Å². The van der Waals surface area contributed by atoms with E-state index in [1.54, 1.807) is 0 Å². The van der Waals surface area contributed by atoms with Crippen LogP contribution >= 0.6 is 0 Å². The van der Waals surface area contributed by atoms with Gasteiger partial charge in [0.25, 0.3) is 0 Å². The van der Waals surface area contributed by atoms with Gasteiger partial charge in [-0.2, -0.15) is 0 Å². The summed E-state index contributed by atoms with van der Waals surface area (Å²) in [5.74, 6) is 0.543. The van der Waals surface area contributed by atoms with E-state index in [0.29, 0.717) is 0 Å². The summed E-state index contributed by atoms with van der Waals surface area (Å²) >= 11 is 0. The van der Waals surface area contributed by atoms with E-state index in [-0.39, 0.29) is 18.6 Å². The Morgan fingerprint density at radius 2 is 2.07 bits per heavy atom. The fourth-order valence-corrected chi connectivity index (χ4v) is 1.80. The van der Waals surface area contributed by atoms with Crippen molar-refractivity contribution in [1.29, 1.82) is 0 Å². The fraction of sp³-hybridized carbons (Fsp3) is 0.900. The number of aliphatic hydroxyl groups excluding tert-OH is 1. The number of amides is 1. The highest BCUT2D eigenvalue weighted by Crippen LogP contribution is 2.23. The number of nitrogens with one attached hydrogen (secondary N) is 1. The number of nitrogens with two attached hydrogens (primary N) is 1. The van der Waals surface area contributed by atoms with Crippen LogP contribution in [0.25, 0.3) is 0 Å². The Labute approximate surface area is 84.9 Å². The molecule has 0 aromatic rings. The molecule has 1 saturated carbocycles. The van der Waals surface area contributed by atoms with Crippen molar-refractivity contribution in [3.8, 4) is 0 Å². The summed E-state index contributed by atoms with van der Waals surface area (Å²) in [6.45, 7) is 1.95. The standard InChI is InChI=1S/C10H20N2O2/c1-7-2-4-8(5-3-7)12-10(14)9(11)6-13/h7-9,13H,2-6,11H2,1H3,(H,12,14)/t7-,8-,9-/m0/s1. The lowest BCUT2D eigenvalue weighted by molar-refractivity contribution is -0.124. The molecule has 1 atom stereocenters. The third kappa shape index (κ3) is 3.27. The summed E-state index contributed by atoms with van der Waals surface area (Å²) in [7, 11) is 0. The highest BCUT2D eigenvalue weighted by Gasteiger charge is 2.21. The maximum Gasteiger partial charge on any atom is 0.239 e. The van der Waals surface area contributed by atoms with Gasteiger partial charge in [-0.3, -0.25) is 4.79 Å². The summed E-state index contributed by atoms with van der Waals surface area (Å²) in [6, 6.07) is -0.509. The van der Waals surface area contributed by atoms with Crippen LogP contribution in [0.5, 0.6) is 0 Å². The smallest absolute Gasteiger partial charge is 0.239 e. The molecule has 1 aliphatic rings. The summed E-state index contributed by atoms with van der Waals surface area (Å²) in [4.78, 5) is 11.3. The molecule has 4 heteroatoms. The number of hydrogen-bond acceptors (Lipinski definition) is 3. The second-order valence-electron chi connectivity index (χ2n) is 4.25. The lowest BCUT2D eigenvalue weighted by Gasteiger charge is -2.27. The minimum Gasteiger partial charge on any atom is -0.394 e. The average molecular weight is 200 g/mol. The van der Waals surface area contributed by atoms with Crippen molar-refractivity contribution in [3.63, 3.8) is 0 Å². The van der Waals surface area contributed by atoms with Gasteiger partial charge in [0.15, 0.2) is 0 Å². The summed E-state index contributed by atoms with van der Waals surface area (Å²) < 4.78 is 0. The van der Waals surface area contributed by atoms with Crippen LogP contribution in [0.2, 0.25) is 0 Å². The van der Waals surface area contributed by atoms with Gasteiger partial charge in [0.1, 0.15) is 6.04 Å². The summed E-state index contributed by atoms with van der Waals surface area (Å²) in [5, 5.41) is 11.6. The third-order valence-electron chi connectivity index (χ3n) is 2.90. The second kappa shape index (κ2) is 5.32. The number of carbonyl (C=O) groups excluding carboxylic acids is 1. The molecule has 0 unspecified atom stereocenters. The van der Waals surface area contributed by atoms with Gasteiger partial charge in [0, 0.05) is 6.04 Å². The Kier molecular flexibility index (Phi) is 4.35. The summed E-state index contributed by atoms with van der Waals surface area (Å²) in [6.07, 6.45) is 4.40. The first kappa shape index (κ1) is 11.5. The van der Waals surface area contributed by atoms with Gasteiger partial charge in [-0.25, -0.2) is 0 Å². The molecule has 0 heterocycles. The first-order valence-corrected chi connectivity index (χ1v) is 5.30. The van der Waals surface area contributed by atoms with E-state index < -0.39 is 6.04 Å². The van der Waals surface area contributed by atoms with Crippen molar-refractivity contribution in [2.45, 2.75) is 44.7 Å². The lowest BCUT2D eigenvalue weighted by Crippen LogP contribution is -2.47. The average Bonchev–Trinajstić information content (AvgIpc) is 2.20. The van der Waals surface area contributed by atoms with Crippen LogP contribution in [-0.2, 0) is 4.79 Å². The molecule has 82 valence electrons. The third-order valence-corrected chi connectivity index (χ3v) is 2.90. The van der Waals surface area contributed by atoms with Crippen molar-refractivity contribution in [3.05, 3.63) is 0 Å². The second-order valence-corrected chi connectivity index (χ2v) is 4.25. The minimum absolute atomic E-state index is 0.230. The number of carbonyl (C=O) groups is 1. The number of aliphatic hydroxyl groups is 1. The van der Waals surface area contributed by atoms with Gasteiger partial charge in [-0.15, -0.1) is 0 Å². The van der Waals surface area contributed by atoms with Crippen molar-refractivity contribution >= 4 is 5.91 Å². The monoisotopic (exact) mass is 200 g/mol. The first-order chi connectivity index (χ1) is 6.63. The molecule has 1 fully saturated rings. The molecular weight excluding hydrogens is 180 g/mol. The van der Waals surface area contributed by atoms with Crippen LogP contribution in [-0.4, -0.2) is 29.7 Å². The highest BCUT2D eigenvalue weighted by molar-refractivity contribution is 5.81. The van der Waals surface area contributed by atoms with Crippen molar-refractivity contribution in [2.75, 3.05) is 6.61 Å². The molecule has 0 spiro atoms. The molecule has 0 bridgehead atoms. The van der Waals surface area contributed by atoms with E-state index in [9.17, 15) is 4.79 Å². The Morgan fingerprint density at radius 3 is 2.57 bits per heavy atom. The normalized spacial score (nSPS) is 29.6. The Morgan fingerprint density at radius 1 is 1.50 bits per heavy atom. The van der Waals surface area contributed by atoms with Crippen LogP contribution in [0.1, 0.15) is 32.6 Å². The predicted octanol–water partition coefficient (Wildman–Crippen LogP) is 0.000900. The number of hydrogen-bond donors (Lipinski definition) is 3. The SMILES string of the molecule is C[C@H]1CC[C@H](NC(=O)[C@@H](N)CO)CC1. The van der Waals surface area contributed by atoms with Crippen molar-refractivity contribution in [1.82, 2.24) is 5.32 Å². The van der Waals surface area contributed by atoms with Crippen molar-refractivity contribution in [2.24, 2.45) is 11.7 Å². The van der Waals surface area contributed by atoms with Crippen molar-refractivity contribution < 1.29 is 9.90 Å². The Hall–Kier alpha value is -0.610.